The van der Waals surface area contributed by atoms with E-state index in [4.69, 9.17) is 0 Å². The maximum Gasteiger partial charge on any atom is 0.252 e. The summed E-state index contributed by atoms with van der Waals surface area (Å²) < 4.78 is 27.0. The number of nitrogens with zero attached hydrogens (tertiary/aromatic N) is 1. The van der Waals surface area contributed by atoms with Crippen molar-refractivity contribution in [3.63, 3.8) is 0 Å². The van der Waals surface area contributed by atoms with E-state index in [1.807, 2.05) is 6.92 Å². The first kappa shape index (κ1) is 18.6. The van der Waals surface area contributed by atoms with Crippen molar-refractivity contribution in [2.45, 2.75) is 57.2 Å². The summed E-state index contributed by atoms with van der Waals surface area (Å²) in [7, 11) is -1.65. The summed E-state index contributed by atoms with van der Waals surface area (Å²) in [6.45, 7) is 8.52. The van der Waals surface area contributed by atoms with Gasteiger partial charge < -0.3 is 5.32 Å². The van der Waals surface area contributed by atoms with Crippen molar-refractivity contribution in [3.05, 3.63) is 16.5 Å². The molecule has 0 unspecified atom stereocenters. The number of rotatable bonds is 10. The van der Waals surface area contributed by atoms with Crippen LogP contribution < -0.4 is 5.32 Å². The third-order valence-corrected chi connectivity index (χ3v) is 6.99. The van der Waals surface area contributed by atoms with Crippen LogP contribution in [0.5, 0.6) is 0 Å². The molecular formula is C15H28N2O2S2. The van der Waals surface area contributed by atoms with Crippen molar-refractivity contribution in [3.8, 4) is 0 Å². The second-order valence-corrected chi connectivity index (χ2v) is 8.79. The van der Waals surface area contributed by atoms with Crippen molar-refractivity contribution in [1.29, 1.82) is 0 Å². The molecule has 0 fully saturated rings. The van der Waals surface area contributed by atoms with Gasteiger partial charge in [-0.15, -0.1) is 11.3 Å². The van der Waals surface area contributed by atoms with Gasteiger partial charge in [0.25, 0.3) is 10.0 Å². The third kappa shape index (κ3) is 5.36. The predicted octanol–water partition coefficient (Wildman–Crippen LogP) is 3.37. The molecule has 4 nitrogen and oxygen atoms in total. The molecule has 6 heteroatoms. The molecule has 0 bridgehead atoms. The van der Waals surface area contributed by atoms with E-state index < -0.39 is 10.0 Å². The topological polar surface area (TPSA) is 49.4 Å². The zero-order valence-corrected chi connectivity index (χ0v) is 15.2. The minimum atomic E-state index is -3.33. The van der Waals surface area contributed by atoms with Gasteiger partial charge >= 0.3 is 0 Å². The Bertz CT molecular complexity index is 524. The highest BCUT2D eigenvalue weighted by atomic mass is 32.2. The van der Waals surface area contributed by atoms with Crippen LogP contribution >= 0.6 is 11.3 Å². The van der Waals surface area contributed by atoms with Crippen LogP contribution in [0.1, 0.15) is 50.0 Å². The van der Waals surface area contributed by atoms with E-state index in [9.17, 15) is 8.42 Å². The summed E-state index contributed by atoms with van der Waals surface area (Å²) in [5.41, 5.74) is 1.06. The van der Waals surface area contributed by atoms with Crippen molar-refractivity contribution < 1.29 is 8.42 Å². The van der Waals surface area contributed by atoms with Gasteiger partial charge in [0.2, 0.25) is 0 Å². The van der Waals surface area contributed by atoms with Crippen molar-refractivity contribution in [1.82, 2.24) is 9.62 Å². The molecule has 0 saturated carbocycles. The van der Waals surface area contributed by atoms with Gasteiger partial charge in [-0.2, -0.15) is 0 Å². The molecule has 0 atom stereocenters. The van der Waals surface area contributed by atoms with Gasteiger partial charge in [-0.1, -0.05) is 26.7 Å². The van der Waals surface area contributed by atoms with Crippen LogP contribution in [0.3, 0.4) is 0 Å². The summed E-state index contributed by atoms with van der Waals surface area (Å²) in [6.07, 6.45) is 4.16. The van der Waals surface area contributed by atoms with Gasteiger partial charge in [0.1, 0.15) is 4.21 Å². The fourth-order valence-electron chi connectivity index (χ4n) is 2.03. The Morgan fingerprint density at radius 1 is 1.24 bits per heavy atom. The zero-order valence-electron chi connectivity index (χ0n) is 13.6. The van der Waals surface area contributed by atoms with Crippen molar-refractivity contribution in [2.24, 2.45) is 0 Å². The van der Waals surface area contributed by atoms with E-state index in [-0.39, 0.29) is 0 Å². The van der Waals surface area contributed by atoms with Crippen molar-refractivity contribution >= 4 is 21.4 Å². The second-order valence-electron chi connectivity index (χ2n) is 5.38. The molecule has 1 aromatic heterocycles. The Labute approximate surface area is 133 Å². The van der Waals surface area contributed by atoms with E-state index in [1.165, 1.54) is 15.6 Å². The van der Waals surface area contributed by atoms with Crippen LogP contribution in [-0.2, 0) is 16.6 Å². The molecule has 0 aromatic carbocycles. The smallest absolute Gasteiger partial charge is 0.252 e. The maximum absolute atomic E-state index is 12.5. The van der Waals surface area contributed by atoms with E-state index >= 15 is 0 Å². The lowest BCUT2D eigenvalue weighted by Crippen LogP contribution is -2.27. The van der Waals surface area contributed by atoms with Crippen LogP contribution in [0.2, 0.25) is 0 Å². The molecule has 0 spiro atoms. The van der Waals surface area contributed by atoms with Crippen LogP contribution in [-0.4, -0.2) is 32.9 Å². The molecule has 0 aliphatic rings. The molecule has 1 rings (SSSR count). The van der Waals surface area contributed by atoms with E-state index in [1.54, 1.807) is 13.1 Å². The lowest BCUT2D eigenvalue weighted by Gasteiger charge is -2.15. The number of hydrogen-bond acceptors (Lipinski definition) is 4. The fraction of sp³-hybridized carbons (Fsp3) is 0.733. The molecule has 0 radical (unpaired) electrons. The first-order valence-electron chi connectivity index (χ1n) is 7.69. The zero-order chi connectivity index (χ0) is 15.9. The highest BCUT2D eigenvalue weighted by Crippen LogP contribution is 2.28. The van der Waals surface area contributed by atoms with Crippen LogP contribution in [0.4, 0.5) is 0 Å². The molecule has 122 valence electrons. The summed E-state index contributed by atoms with van der Waals surface area (Å²) in [5.74, 6) is 0. The molecule has 1 aromatic rings. The van der Waals surface area contributed by atoms with Gasteiger partial charge in [0.05, 0.1) is 0 Å². The quantitative estimate of drug-likeness (QED) is 0.668. The molecule has 1 N–H and O–H groups in total. The average molecular weight is 333 g/mol. The van der Waals surface area contributed by atoms with Crippen LogP contribution in [0.25, 0.3) is 0 Å². The fourth-order valence-corrected chi connectivity index (χ4v) is 5.01. The Morgan fingerprint density at radius 2 is 1.95 bits per heavy atom. The molecular weight excluding hydrogens is 304 g/mol. The monoisotopic (exact) mass is 332 g/mol. The summed E-state index contributed by atoms with van der Waals surface area (Å²) in [4.78, 5) is 1.11. The Morgan fingerprint density at radius 3 is 2.57 bits per heavy atom. The number of hydrogen-bond donors (Lipinski definition) is 1. The minimum Gasteiger partial charge on any atom is -0.312 e. The molecule has 21 heavy (non-hydrogen) atoms. The lowest BCUT2D eigenvalue weighted by molar-refractivity contribution is 0.455. The Hall–Kier alpha value is -0.430. The summed E-state index contributed by atoms with van der Waals surface area (Å²) >= 11 is 1.39. The number of unbranched alkanes of at least 4 members (excludes halogenated alkanes) is 2. The second kappa shape index (κ2) is 8.88. The molecule has 1 heterocycles. The standard InChI is InChI=1S/C15H28N2O2S2/c1-5-7-8-10-17(4)21(18,19)15-11-13(3)14(20-15)12-16-9-6-2/h11,16H,5-10,12H2,1-4H3. The number of nitrogens with one attached hydrogen (secondary N) is 1. The van der Waals surface area contributed by atoms with Gasteiger partial charge in [-0.05, 0) is 37.9 Å². The normalized spacial score (nSPS) is 12.2. The van der Waals surface area contributed by atoms with E-state index in [0.717, 1.165) is 49.2 Å². The lowest BCUT2D eigenvalue weighted by atomic mass is 10.2. The Balaban J connectivity index is 2.76. The molecule has 0 amide bonds. The van der Waals surface area contributed by atoms with E-state index in [2.05, 4.69) is 19.2 Å². The average Bonchev–Trinajstić information content (AvgIpc) is 2.81. The highest BCUT2D eigenvalue weighted by Gasteiger charge is 2.23. The largest absolute Gasteiger partial charge is 0.312 e. The van der Waals surface area contributed by atoms with E-state index in [0.29, 0.717) is 10.8 Å². The maximum atomic E-state index is 12.5. The number of aryl methyl sites for hydroxylation is 1. The minimum absolute atomic E-state index is 0.465. The highest BCUT2D eigenvalue weighted by molar-refractivity contribution is 7.91. The molecule has 0 aliphatic heterocycles. The SMILES string of the molecule is CCCCCN(C)S(=O)(=O)c1cc(C)c(CNCCC)s1. The van der Waals surface area contributed by atoms with Crippen LogP contribution in [0, 0.1) is 6.92 Å². The Kier molecular flexibility index (Phi) is 7.87. The molecule has 0 aliphatic carbocycles. The first-order valence-corrected chi connectivity index (χ1v) is 9.95. The van der Waals surface area contributed by atoms with Gasteiger partial charge in [-0.3, -0.25) is 0 Å². The van der Waals surface area contributed by atoms with Gasteiger partial charge in [0.15, 0.2) is 0 Å². The number of thiophene rings is 1. The van der Waals surface area contributed by atoms with Crippen LogP contribution in [0.15, 0.2) is 10.3 Å². The van der Waals surface area contributed by atoms with Gasteiger partial charge in [0, 0.05) is 25.0 Å². The first-order chi connectivity index (χ1) is 9.93. The van der Waals surface area contributed by atoms with Gasteiger partial charge in [-0.25, -0.2) is 12.7 Å². The predicted molar refractivity (Wildman–Crippen MR) is 90.4 cm³/mol. The summed E-state index contributed by atoms with van der Waals surface area (Å²) in [5, 5.41) is 3.33. The molecule has 0 saturated heterocycles. The summed E-state index contributed by atoms with van der Waals surface area (Å²) in [6, 6.07) is 1.80. The number of sulfonamides is 1. The van der Waals surface area contributed by atoms with Crippen molar-refractivity contribution in [2.75, 3.05) is 20.1 Å². The third-order valence-electron chi connectivity index (χ3n) is 3.45.